The molecule has 0 aromatic heterocycles. The number of aliphatic hydroxyl groups excluding tert-OH is 1. The molecule has 1 aliphatic carbocycles. The lowest BCUT2D eigenvalue weighted by molar-refractivity contribution is -0.0539. The van der Waals surface area contributed by atoms with E-state index >= 15 is 0 Å². The maximum absolute atomic E-state index is 10.6. The number of rotatable bonds is 2. The van der Waals surface area contributed by atoms with Crippen molar-refractivity contribution in [3.63, 3.8) is 0 Å². The van der Waals surface area contributed by atoms with Crippen molar-refractivity contribution < 1.29 is 14.6 Å². The maximum atomic E-state index is 10.6. The van der Waals surface area contributed by atoms with E-state index in [0.717, 1.165) is 30.3 Å². The van der Waals surface area contributed by atoms with Gasteiger partial charge in [-0.25, -0.2) is 0 Å². The predicted molar refractivity (Wildman–Crippen MR) is 78.0 cm³/mol. The Balaban J connectivity index is 1.65. The summed E-state index contributed by atoms with van der Waals surface area (Å²) in [6.07, 6.45) is 2.71. The van der Waals surface area contributed by atoms with E-state index in [2.05, 4.69) is 13.8 Å². The second-order valence-electron chi connectivity index (χ2n) is 6.43. The van der Waals surface area contributed by atoms with E-state index in [1.165, 1.54) is 6.42 Å². The highest BCUT2D eigenvalue weighted by molar-refractivity contribution is 5.40. The summed E-state index contributed by atoms with van der Waals surface area (Å²) in [5.74, 6) is 3.31. The largest absolute Gasteiger partial charge is 0.486 e. The van der Waals surface area contributed by atoms with Gasteiger partial charge in [0.2, 0.25) is 0 Å². The second-order valence-corrected chi connectivity index (χ2v) is 6.43. The van der Waals surface area contributed by atoms with E-state index in [4.69, 9.17) is 9.47 Å². The van der Waals surface area contributed by atoms with Crippen LogP contribution in [0.3, 0.4) is 0 Å². The molecule has 2 aliphatic rings. The van der Waals surface area contributed by atoms with E-state index in [1.54, 1.807) is 0 Å². The van der Waals surface area contributed by atoms with Crippen LogP contribution in [-0.4, -0.2) is 23.9 Å². The SMILES string of the molecule is CC1CCC(C(O)C2COc3ccccc3O2)CC1C. The zero-order chi connectivity index (χ0) is 14.1. The first-order valence-electron chi connectivity index (χ1n) is 7.71. The Kier molecular flexibility index (Phi) is 3.88. The van der Waals surface area contributed by atoms with Gasteiger partial charge in [-0.15, -0.1) is 0 Å². The molecule has 5 atom stereocenters. The molecule has 1 aliphatic heterocycles. The molecular formula is C17H24O3. The summed E-state index contributed by atoms with van der Waals surface area (Å²) in [6, 6.07) is 7.67. The van der Waals surface area contributed by atoms with Crippen molar-refractivity contribution in [2.24, 2.45) is 17.8 Å². The van der Waals surface area contributed by atoms with Gasteiger partial charge in [-0.05, 0) is 42.7 Å². The van der Waals surface area contributed by atoms with Gasteiger partial charge in [0.15, 0.2) is 17.6 Å². The van der Waals surface area contributed by atoms with Crippen LogP contribution in [0.15, 0.2) is 24.3 Å². The highest BCUT2D eigenvalue weighted by Gasteiger charge is 2.36. The zero-order valence-corrected chi connectivity index (χ0v) is 12.3. The normalized spacial score (nSPS) is 34.5. The van der Waals surface area contributed by atoms with Crippen molar-refractivity contribution in [1.29, 1.82) is 0 Å². The summed E-state index contributed by atoms with van der Waals surface area (Å²) in [6.45, 7) is 5.04. The fourth-order valence-electron chi connectivity index (χ4n) is 3.41. The number of ether oxygens (including phenoxy) is 2. The molecule has 0 bridgehead atoms. The molecule has 1 aromatic rings. The molecule has 0 saturated heterocycles. The van der Waals surface area contributed by atoms with Crippen LogP contribution in [0.2, 0.25) is 0 Å². The monoisotopic (exact) mass is 276 g/mol. The first kappa shape index (κ1) is 13.7. The molecule has 1 heterocycles. The Labute approximate surface area is 120 Å². The van der Waals surface area contributed by atoms with Crippen molar-refractivity contribution in [1.82, 2.24) is 0 Å². The molecule has 3 rings (SSSR count). The van der Waals surface area contributed by atoms with E-state index < -0.39 is 6.10 Å². The summed E-state index contributed by atoms with van der Waals surface area (Å²) < 4.78 is 11.6. The highest BCUT2D eigenvalue weighted by atomic mass is 16.6. The van der Waals surface area contributed by atoms with Crippen LogP contribution in [0.25, 0.3) is 0 Å². The van der Waals surface area contributed by atoms with E-state index in [-0.39, 0.29) is 6.10 Å². The van der Waals surface area contributed by atoms with E-state index in [9.17, 15) is 5.11 Å². The minimum atomic E-state index is -0.432. The molecule has 1 N–H and O–H groups in total. The van der Waals surface area contributed by atoms with Gasteiger partial charge in [0.1, 0.15) is 6.61 Å². The number of hydrogen-bond acceptors (Lipinski definition) is 3. The first-order chi connectivity index (χ1) is 9.65. The Morgan fingerprint density at radius 1 is 1.10 bits per heavy atom. The lowest BCUT2D eigenvalue weighted by atomic mass is 9.73. The number of benzene rings is 1. The molecule has 1 saturated carbocycles. The molecule has 0 radical (unpaired) electrons. The molecule has 3 nitrogen and oxygen atoms in total. The summed E-state index contributed by atoms with van der Waals surface area (Å²) in [4.78, 5) is 0. The lowest BCUT2D eigenvalue weighted by Crippen LogP contribution is -2.45. The minimum absolute atomic E-state index is 0.240. The van der Waals surface area contributed by atoms with Crippen molar-refractivity contribution in [3.05, 3.63) is 24.3 Å². The van der Waals surface area contributed by atoms with E-state index in [1.807, 2.05) is 24.3 Å². The standard InChI is InChI=1S/C17H24O3/c1-11-7-8-13(9-12(11)2)17(18)16-10-19-14-5-3-4-6-15(14)20-16/h3-6,11-13,16-18H,7-10H2,1-2H3. The predicted octanol–water partition coefficient (Wildman–Crippen LogP) is 3.26. The average Bonchev–Trinajstić information content (AvgIpc) is 2.49. The highest BCUT2D eigenvalue weighted by Crippen LogP contribution is 2.38. The van der Waals surface area contributed by atoms with Gasteiger partial charge in [-0.1, -0.05) is 32.4 Å². The van der Waals surface area contributed by atoms with Crippen LogP contribution in [0.5, 0.6) is 11.5 Å². The summed E-state index contributed by atoms with van der Waals surface area (Å²) in [7, 11) is 0. The number of fused-ring (bicyclic) bond motifs is 1. The number of para-hydroxylation sites is 2. The van der Waals surface area contributed by atoms with Crippen LogP contribution in [0.4, 0.5) is 0 Å². The molecule has 3 heteroatoms. The van der Waals surface area contributed by atoms with Gasteiger partial charge >= 0.3 is 0 Å². The van der Waals surface area contributed by atoms with Crippen LogP contribution >= 0.6 is 0 Å². The maximum Gasteiger partial charge on any atom is 0.161 e. The topological polar surface area (TPSA) is 38.7 Å². The van der Waals surface area contributed by atoms with Crippen molar-refractivity contribution in [2.75, 3.05) is 6.61 Å². The minimum Gasteiger partial charge on any atom is -0.486 e. The molecule has 0 amide bonds. The quantitative estimate of drug-likeness (QED) is 0.901. The van der Waals surface area contributed by atoms with Crippen molar-refractivity contribution in [3.8, 4) is 11.5 Å². The molecule has 5 unspecified atom stereocenters. The summed E-state index contributed by atoms with van der Waals surface area (Å²) in [5, 5.41) is 10.6. The molecule has 1 aromatic carbocycles. The summed E-state index contributed by atoms with van der Waals surface area (Å²) >= 11 is 0. The Morgan fingerprint density at radius 3 is 2.60 bits per heavy atom. The molecule has 20 heavy (non-hydrogen) atoms. The molecule has 1 fully saturated rings. The first-order valence-corrected chi connectivity index (χ1v) is 7.71. The van der Waals surface area contributed by atoms with Gasteiger partial charge in [-0.2, -0.15) is 0 Å². The third kappa shape index (κ3) is 2.64. The third-order valence-corrected chi connectivity index (χ3v) is 5.03. The Bertz CT molecular complexity index is 459. The van der Waals surface area contributed by atoms with Gasteiger partial charge < -0.3 is 14.6 Å². The van der Waals surface area contributed by atoms with Crippen molar-refractivity contribution in [2.45, 2.75) is 45.3 Å². The lowest BCUT2D eigenvalue weighted by Gasteiger charge is -2.38. The average molecular weight is 276 g/mol. The fraction of sp³-hybridized carbons (Fsp3) is 0.647. The van der Waals surface area contributed by atoms with Gasteiger partial charge in [0, 0.05) is 0 Å². The third-order valence-electron chi connectivity index (χ3n) is 5.03. The van der Waals surface area contributed by atoms with Crippen LogP contribution < -0.4 is 9.47 Å². The fourth-order valence-corrected chi connectivity index (χ4v) is 3.41. The Hall–Kier alpha value is -1.22. The van der Waals surface area contributed by atoms with Crippen molar-refractivity contribution >= 4 is 0 Å². The molecule has 0 spiro atoms. The number of aliphatic hydroxyl groups is 1. The molecule has 110 valence electrons. The van der Waals surface area contributed by atoms with Gasteiger partial charge in [0.25, 0.3) is 0 Å². The van der Waals surface area contributed by atoms with E-state index in [0.29, 0.717) is 18.4 Å². The smallest absolute Gasteiger partial charge is 0.161 e. The molecular weight excluding hydrogens is 252 g/mol. The van der Waals surface area contributed by atoms with Crippen LogP contribution in [-0.2, 0) is 0 Å². The summed E-state index contributed by atoms with van der Waals surface area (Å²) in [5.41, 5.74) is 0. The van der Waals surface area contributed by atoms with Gasteiger partial charge in [0.05, 0.1) is 6.10 Å². The Morgan fingerprint density at radius 2 is 1.85 bits per heavy atom. The zero-order valence-electron chi connectivity index (χ0n) is 12.3. The van der Waals surface area contributed by atoms with Crippen LogP contribution in [0, 0.1) is 17.8 Å². The van der Waals surface area contributed by atoms with Crippen LogP contribution in [0.1, 0.15) is 33.1 Å². The second kappa shape index (κ2) is 5.65. The number of hydrogen-bond donors (Lipinski definition) is 1. The van der Waals surface area contributed by atoms with Gasteiger partial charge in [-0.3, -0.25) is 0 Å².